The molecule has 0 saturated carbocycles. The van der Waals surface area contributed by atoms with Crippen molar-refractivity contribution in [2.75, 3.05) is 24.5 Å². The van der Waals surface area contributed by atoms with Crippen LogP contribution in [0.4, 0.5) is 19.0 Å². The highest BCUT2D eigenvalue weighted by Crippen LogP contribution is 2.35. The number of halogens is 3. The molecule has 13 heteroatoms. The van der Waals surface area contributed by atoms with Gasteiger partial charge in [0, 0.05) is 36.1 Å². The predicted molar refractivity (Wildman–Crippen MR) is 162 cm³/mol. The number of anilines is 1. The number of aromatic nitrogens is 3. The number of hydrogen-bond donors (Lipinski definition) is 1. The third-order valence-corrected chi connectivity index (χ3v) is 9.03. The fourth-order valence-corrected chi connectivity index (χ4v) is 6.79. The van der Waals surface area contributed by atoms with Crippen LogP contribution in [-0.2, 0) is 17.8 Å². The summed E-state index contributed by atoms with van der Waals surface area (Å²) >= 11 is 1.39. The minimum absolute atomic E-state index is 0. The van der Waals surface area contributed by atoms with E-state index in [0.29, 0.717) is 66.2 Å². The number of aryl methyl sites for hydroxylation is 1. The number of likely N-dealkylation sites (tertiary alicyclic amines) is 1. The van der Waals surface area contributed by atoms with Gasteiger partial charge in [-0.15, -0.1) is 24.5 Å². The largest absolute Gasteiger partial charge is 0.573 e. The van der Waals surface area contributed by atoms with Crippen molar-refractivity contribution in [1.29, 1.82) is 0 Å². The second-order valence-corrected chi connectivity index (χ2v) is 12.4. The maximum atomic E-state index is 13.2. The lowest BCUT2D eigenvalue weighted by Gasteiger charge is -2.33. The number of carboxylic acids is 1. The van der Waals surface area contributed by atoms with Gasteiger partial charge >= 0.3 is 12.3 Å². The van der Waals surface area contributed by atoms with E-state index in [1.807, 2.05) is 4.90 Å². The average molecular weight is 634 g/mol. The normalized spacial score (nSPS) is 18.1. The molecule has 1 N–H and O–H groups in total. The molecule has 2 saturated heterocycles. The van der Waals surface area contributed by atoms with Crippen molar-refractivity contribution >= 4 is 28.9 Å². The Bertz CT molecular complexity index is 1460. The molecule has 0 amide bonds. The van der Waals surface area contributed by atoms with Crippen molar-refractivity contribution in [2.45, 2.75) is 78.7 Å². The number of nitrogens with zero attached hydrogens (tertiary/aromatic N) is 5. The van der Waals surface area contributed by atoms with Crippen molar-refractivity contribution in [3.05, 3.63) is 51.7 Å². The van der Waals surface area contributed by atoms with Gasteiger partial charge in [-0.1, -0.05) is 13.8 Å². The maximum absolute atomic E-state index is 13.2. The van der Waals surface area contributed by atoms with E-state index < -0.39 is 12.3 Å². The number of ether oxygens (including phenoxy) is 1. The Morgan fingerprint density at radius 3 is 2.45 bits per heavy atom. The number of piperidine rings is 2. The van der Waals surface area contributed by atoms with Crippen LogP contribution in [0.5, 0.6) is 5.75 Å². The summed E-state index contributed by atoms with van der Waals surface area (Å²) in [5.41, 5.74) is 1.84. The Labute approximate surface area is 259 Å². The molecule has 3 aromatic rings. The highest BCUT2D eigenvalue weighted by atomic mass is 32.1. The lowest BCUT2D eigenvalue weighted by molar-refractivity contribution is -0.274. The van der Waals surface area contributed by atoms with E-state index >= 15 is 0 Å². The summed E-state index contributed by atoms with van der Waals surface area (Å²) in [6, 6.07) is 4.81. The third-order valence-electron chi connectivity index (χ3n) is 7.99. The first-order valence-corrected chi connectivity index (χ1v) is 15.2. The maximum Gasteiger partial charge on any atom is 0.573 e. The summed E-state index contributed by atoms with van der Waals surface area (Å²) in [4.78, 5) is 43.1. The average Bonchev–Trinajstić information content (AvgIpc) is 3.35. The van der Waals surface area contributed by atoms with Crippen LogP contribution in [0.2, 0.25) is 0 Å². The fraction of sp³-hybridized carbons (Fsp3) is 0.516. The van der Waals surface area contributed by atoms with Gasteiger partial charge in [-0.3, -0.25) is 14.5 Å². The van der Waals surface area contributed by atoms with Crippen molar-refractivity contribution < 1.29 is 32.6 Å². The number of carbonyl (C=O) groups is 2. The lowest BCUT2D eigenvalue weighted by Crippen LogP contribution is -2.36. The quantitative estimate of drug-likeness (QED) is 0.263. The first-order valence-electron chi connectivity index (χ1n) is 14.4. The Balaban J connectivity index is 0.00000442. The third kappa shape index (κ3) is 8.32. The van der Waals surface area contributed by atoms with Gasteiger partial charge < -0.3 is 14.7 Å². The van der Waals surface area contributed by atoms with Gasteiger partial charge in [0.15, 0.2) is 5.78 Å². The van der Waals surface area contributed by atoms with E-state index in [1.54, 1.807) is 13.0 Å². The summed E-state index contributed by atoms with van der Waals surface area (Å²) in [7, 11) is 0. The number of carbonyl (C=O) groups excluding carboxylic acids is 1. The van der Waals surface area contributed by atoms with E-state index in [-0.39, 0.29) is 37.0 Å². The fourth-order valence-electron chi connectivity index (χ4n) is 5.67. The molecule has 0 bridgehead atoms. The Morgan fingerprint density at radius 1 is 1.07 bits per heavy atom. The van der Waals surface area contributed by atoms with Gasteiger partial charge in [0.2, 0.25) is 0 Å². The molecule has 1 atom stereocenters. The standard InChI is InChI=1S/C30H34F3N5O4S.CH4/c1-18-11-21(13-22(12-18)42-30(31,32)33)28-25(17-38-8-4-3-5-19(38)2)43-27(36-28)14-24(39)23-15-35-26(16-34-23)37-9-6-20(7-10-37)29(40)41;/h11-13,15-16,19-20H,3-10,14,17H2,1-2H3,(H,40,41);1H4/t19-;/m1./s1. The molecule has 44 heavy (non-hydrogen) atoms. The Hall–Kier alpha value is -3.58. The number of Topliss-reactive ketones (excluding diaryl/α,β-unsaturated/α-hetero) is 1. The van der Waals surface area contributed by atoms with Crippen LogP contribution in [0.1, 0.15) is 72.4 Å². The second-order valence-electron chi connectivity index (χ2n) is 11.2. The molecule has 0 aliphatic carbocycles. The van der Waals surface area contributed by atoms with E-state index in [2.05, 4.69) is 26.5 Å². The van der Waals surface area contributed by atoms with Crippen LogP contribution in [-0.4, -0.2) is 68.7 Å². The highest BCUT2D eigenvalue weighted by molar-refractivity contribution is 7.12. The van der Waals surface area contributed by atoms with Gasteiger partial charge in [0.05, 0.1) is 30.4 Å². The Kier molecular flexibility index (Phi) is 10.6. The molecule has 238 valence electrons. The molecule has 2 aromatic heterocycles. The molecule has 9 nitrogen and oxygen atoms in total. The first-order chi connectivity index (χ1) is 20.4. The van der Waals surface area contributed by atoms with Crippen molar-refractivity contribution in [3.8, 4) is 17.0 Å². The van der Waals surface area contributed by atoms with Gasteiger partial charge in [0.25, 0.3) is 0 Å². The van der Waals surface area contributed by atoms with Crippen molar-refractivity contribution in [2.24, 2.45) is 5.92 Å². The van der Waals surface area contributed by atoms with Crippen molar-refractivity contribution in [1.82, 2.24) is 19.9 Å². The lowest BCUT2D eigenvalue weighted by atomic mass is 9.97. The molecular formula is C31H38F3N5O4S. The number of carboxylic acid groups (broad SMARTS) is 1. The summed E-state index contributed by atoms with van der Waals surface area (Å²) in [6.45, 7) is 6.47. The van der Waals surface area contributed by atoms with Gasteiger partial charge in [-0.25, -0.2) is 15.0 Å². The minimum Gasteiger partial charge on any atom is -0.481 e. The number of ketones is 1. The molecule has 2 aliphatic heterocycles. The first kappa shape index (κ1) is 33.3. The molecule has 2 fully saturated rings. The zero-order valence-electron chi connectivity index (χ0n) is 24.1. The summed E-state index contributed by atoms with van der Waals surface area (Å²) in [5.74, 6) is -1.14. The van der Waals surface area contributed by atoms with Gasteiger partial charge in [0.1, 0.15) is 22.3 Å². The van der Waals surface area contributed by atoms with E-state index in [0.717, 1.165) is 30.7 Å². The van der Waals surface area contributed by atoms with Crippen LogP contribution in [0.25, 0.3) is 11.3 Å². The molecule has 0 unspecified atom stereocenters. The number of rotatable bonds is 9. The number of aliphatic carboxylic acids is 1. The van der Waals surface area contributed by atoms with E-state index in [9.17, 15) is 27.9 Å². The molecular weight excluding hydrogens is 595 g/mol. The zero-order chi connectivity index (χ0) is 30.7. The molecule has 0 spiro atoms. The molecule has 4 heterocycles. The number of hydrogen-bond acceptors (Lipinski definition) is 9. The molecule has 0 radical (unpaired) electrons. The smallest absolute Gasteiger partial charge is 0.481 e. The molecule has 2 aliphatic rings. The monoisotopic (exact) mass is 633 g/mol. The zero-order valence-corrected chi connectivity index (χ0v) is 24.9. The number of benzene rings is 1. The minimum atomic E-state index is -4.82. The van der Waals surface area contributed by atoms with Gasteiger partial charge in [-0.05, 0) is 69.8 Å². The number of alkyl halides is 3. The summed E-state index contributed by atoms with van der Waals surface area (Å²) < 4.78 is 43.2. The summed E-state index contributed by atoms with van der Waals surface area (Å²) in [6.07, 6.45) is 2.45. The highest BCUT2D eigenvalue weighted by Gasteiger charge is 2.32. The van der Waals surface area contributed by atoms with Crippen LogP contribution in [0.15, 0.2) is 30.6 Å². The number of thiazole rings is 1. The molecule has 5 rings (SSSR count). The topological polar surface area (TPSA) is 109 Å². The van der Waals surface area contributed by atoms with E-state index in [1.165, 1.54) is 35.9 Å². The Morgan fingerprint density at radius 2 is 1.82 bits per heavy atom. The van der Waals surface area contributed by atoms with Crippen LogP contribution in [0, 0.1) is 12.8 Å². The second kappa shape index (κ2) is 14.0. The SMILES string of the molecule is C.Cc1cc(OC(F)(F)F)cc(-c2nc(CC(=O)c3cnc(N4CCC(C(=O)O)CC4)cn3)sc2CN2CCCC[C@H]2C)c1. The van der Waals surface area contributed by atoms with Crippen LogP contribution < -0.4 is 9.64 Å². The van der Waals surface area contributed by atoms with Gasteiger partial charge in [-0.2, -0.15) is 0 Å². The van der Waals surface area contributed by atoms with Crippen LogP contribution >= 0.6 is 11.3 Å². The van der Waals surface area contributed by atoms with E-state index in [4.69, 9.17) is 4.98 Å². The summed E-state index contributed by atoms with van der Waals surface area (Å²) in [5, 5.41) is 9.76. The molecule has 1 aromatic carbocycles. The van der Waals surface area contributed by atoms with Crippen molar-refractivity contribution in [3.63, 3.8) is 0 Å². The predicted octanol–water partition coefficient (Wildman–Crippen LogP) is 6.54. The van der Waals surface area contributed by atoms with Crippen LogP contribution in [0.3, 0.4) is 0 Å².